The quantitative estimate of drug-likeness (QED) is 0.532. The lowest BCUT2D eigenvalue weighted by atomic mass is 10.1. The molecule has 3 rings (SSSR count). The Morgan fingerprint density at radius 2 is 2.17 bits per heavy atom. The maximum Gasteiger partial charge on any atom is 0.347 e. The van der Waals surface area contributed by atoms with Gasteiger partial charge in [0.1, 0.15) is 5.56 Å². The van der Waals surface area contributed by atoms with Gasteiger partial charge in [-0.1, -0.05) is 38.3 Å². The molecule has 0 fully saturated rings. The number of hydrogen-bond donors (Lipinski definition) is 1. The fourth-order valence-corrected chi connectivity index (χ4v) is 2.37. The molecular weight excluding hydrogens is 296 g/mol. The maximum absolute atomic E-state index is 12.2. The first-order chi connectivity index (χ1) is 11.3. The first-order valence-electron chi connectivity index (χ1n) is 7.73. The molecule has 0 unspecified atom stereocenters. The van der Waals surface area contributed by atoms with Crippen molar-refractivity contribution in [2.75, 3.05) is 6.61 Å². The first-order valence-corrected chi connectivity index (χ1v) is 7.73. The molecule has 23 heavy (non-hydrogen) atoms. The number of aromatic amines is 1. The van der Waals surface area contributed by atoms with Gasteiger partial charge >= 0.3 is 5.63 Å². The van der Waals surface area contributed by atoms with E-state index >= 15 is 0 Å². The number of benzene rings is 1. The van der Waals surface area contributed by atoms with Crippen molar-refractivity contribution in [1.29, 1.82) is 0 Å². The summed E-state index contributed by atoms with van der Waals surface area (Å²) >= 11 is 0. The van der Waals surface area contributed by atoms with Crippen LogP contribution in [0.4, 0.5) is 0 Å². The molecule has 7 nitrogen and oxygen atoms in total. The number of hydrogen-bond acceptors (Lipinski definition) is 6. The van der Waals surface area contributed by atoms with E-state index in [1.54, 1.807) is 12.1 Å². The monoisotopic (exact) mass is 314 g/mol. The van der Waals surface area contributed by atoms with Crippen molar-refractivity contribution in [2.45, 2.75) is 32.6 Å². The van der Waals surface area contributed by atoms with Crippen LogP contribution in [0.2, 0.25) is 0 Å². The minimum absolute atomic E-state index is 0.214. The number of nitrogens with one attached hydrogen (secondary N) is 1. The third-order valence-corrected chi connectivity index (χ3v) is 3.57. The van der Waals surface area contributed by atoms with Gasteiger partial charge in [0.25, 0.3) is 0 Å². The average Bonchev–Trinajstić information content (AvgIpc) is 3.08. The van der Waals surface area contributed by atoms with Gasteiger partial charge in [0, 0.05) is 5.39 Å². The number of nitrogens with zero attached hydrogens (tertiary/aromatic N) is 3. The van der Waals surface area contributed by atoms with Crippen molar-refractivity contribution >= 4 is 11.0 Å². The van der Waals surface area contributed by atoms with Crippen LogP contribution in [0.15, 0.2) is 33.5 Å². The van der Waals surface area contributed by atoms with E-state index in [4.69, 9.17) is 9.15 Å². The van der Waals surface area contributed by atoms with Crippen LogP contribution in [-0.2, 0) is 0 Å². The average molecular weight is 314 g/mol. The van der Waals surface area contributed by atoms with Crippen LogP contribution in [0, 0.1) is 0 Å². The number of para-hydroxylation sites is 1. The second-order valence-electron chi connectivity index (χ2n) is 5.27. The SMILES string of the molecule is CCCCCCOc1cccc2cc(-c3nn[nH]n3)c(=O)oc12. The molecule has 2 heterocycles. The highest BCUT2D eigenvalue weighted by molar-refractivity contribution is 5.85. The second-order valence-corrected chi connectivity index (χ2v) is 5.27. The maximum atomic E-state index is 12.2. The van der Waals surface area contributed by atoms with Crippen LogP contribution in [0.25, 0.3) is 22.4 Å². The number of aromatic nitrogens is 4. The van der Waals surface area contributed by atoms with Crippen LogP contribution in [0.1, 0.15) is 32.6 Å². The molecule has 0 radical (unpaired) electrons. The van der Waals surface area contributed by atoms with Crippen molar-refractivity contribution < 1.29 is 9.15 Å². The van der Waals surface area contributed by atoms with Gasteiger partial charge in [0.05, 0.1) is 6.61 Å². The molecule has 120 valence electrons. The van der Waals surface area contributed by atoms with Crippen molar-refractivity contribution in [3.05, 3.63) is 34.7 Å². The molecule has 0 atom stereocenters. The number of unbranched alkanes of at least 4 members (excludes halogenated alkanes) is 3. The summed E-state index contributed by atoms with van der Waals surface area (Å²) in [5.41, 5.74) is 0.201. The predicted molar refractivity (Wildman–Crippen MR) is 85.3 cm³/mol. The molecule has 2 aromatic heterocycles. The Kier molecular flexibility index (Phi) is 4.65. The minimum atomic E-state index is -0.513. The van der Waals surface area contributed by atoms with Gasteiger partial charge in [-0.25, -0.2) is 4.79 Å². The summed E-state index contributed by atoms with van der Waals surface area (Å²) in [6, 6.07) is 7.21. The summed E-state index contributed by atoms with van der Waals surface area (Å²) in [6.07, 6.45) is 4.49. The molecule has 0 aliphatic heterocycles. The molecule has 0 saturated heterocycles. The predicted octanol–water partition coefficient (Wildman–Crippen LogP) is 2.93. The van der Waals surface area contributed by atoms with Gasteiger partial charge < -0.3 is 9.15 Å². The highest BCUT2D eigenvalue weighted by Gasteiger charge is 2.14. The Bertz CT molecular complexity index is 827. The van der Waals surface area contributed by atoms with Crippen molar-refractivity contribution in [3.8, 4) is 17.1 Å². The number of tetrazole rings is 1. The Morgan fingerprint density at radius 1 is 1.26 bits per heavy atom. The standard InChI is InChI=1S/C16H18N4O3/c1-2-3-4-5-9-22-13-8-6-7-11-10-12(15-17-19-20-18-15)16(21)23-14(11)13/h6-8,10H,2-5,9H2,1H3,(H,17,18,19,20). The van der Waals surface area contributed by atoms with Crippen molar-refractivity contribution in [1.82, 2.24) is 20.6 Å². The molecule has 1 N–H and O–H groups in total. The van der Waals surface area contributed by atoms with E-state index in [1.807, 2.05) is 12.1 Å². The molecule has 7 heteroatoms. The summed E-state index contributed by atoms with van der Waals surface area (Å²) in [6.45, 7) is 2.77. The number of fused-ring (bicyclic) bond motifs is 1. The van der Waals surface area contributed by atoms with E-state index in [0.717, 1.165) is 18.2 Å². The highest BCUT2D eigenvalue weighted by atomic mass is 16.5. The third kappa shape index (κ3) is 3.39. The van der Waals surface area contributed by atoms with Gasteiger partial charge in [-0.15, -0.1) is 10.2 Å². The van der Waals surface area contributed by atoms with E-state index in [2.05, 4.69) is 27.5 Å². The minimum Gasteiger partial charge on any atom is -0.490 e. The molecular formula is C16H18N4O3. The highest BCUT2D eigenvalue weighted by Crippen LogP contribution is 2.26. The van der Waals surface area contributed by atoms with Crippen LogP contribution < -0.4 is 10.4 Å². The van der Waals surface area contributed by atoms with Crippen LogP contribution in [0.5, 0.6) is 5.75 Å². The van der Waals surface area contributed by atoms with Crippen molar-refractivity contribution in [2.24, 2.45) is 0 Å². The van der Waals surface area contributed by atoms with Crippen molar-refractivity contribution in [3.63, 3.8) is 0 Å². The fourth-order valence-electron chi connectivity index (χ4n) is 2.37. The second kappa shape index (κ2) is 7.04. The van der Waals surface area contributed by atoms with Gasteiger partial charge in [0.2, 0.25) is 5.82 Å². The lowest BCUT2D eigenvalue weighted by Crippen LogP contribution is -2.05. The molecule has 1 aromatic carbocycles. The zero-order chi connectivity index (χ0) is 16.1. The lowest BCUT2D eigenvalue weighted by molar-refractivity contribution is 0.303. The van der Waals surface area contributed by atoms with Gasteiger partial charge in [-0.05, 0) is 23.8 Å². The Morgan fingerprint density at radius 3 is 2.96 bits per heavy atom. The molecule has 0 bridgehead atoms. The van der Waals surface area contributed by atoms with E-state index in [9.17, 15) is 4.79 Å². The number of ether oxygens (including phenoxy) is 1. The zero-order valence-electron chi connectivity index (χ0n) is 12.9. The summed E-state index contributed by atoms with van der Waals surface area (Å²) in [7, 11) is 0. The van der Waals surface area contributed by atoms with Gasteiger partial charge in [0.15, 0.2) is 11.3 Å². The van der Waals surface area contributed by atoms with Crippen LogP contribution >= 0.6 is 0 Å². The van der Waals surface area contributed by atoms with E-state index in [-0.39, 0.29) is 11.4 Å². The molecule has 0 saturated carbocycles. The normalized spacial score (nSPS) is 11.0. The first kappa shape index (κ1) is 15.2. The molecule has 3 aromatic rings. The lowest BCUT2D eigenvalue weighted by Gasteiger charge is -2.08. The zero-order valence-corrected chi connectivity index (χ0v) is 12.9. The summed E-state index contributed by atoms with van der Waals surface area (Å²) in [5.74, 6) is 0.794. The van der Waals surface area contributed by atoms with E-state index < -0.39 is 5.63 Å². The van der Waals surface area contributed by atoms with Crippen LogP contribution in [0.3, 0.4) is 0 Å². The third-order valence-electron chi connectivity index (χ3n) is 3.57. The Hall–Kier alpha value is -2.70. The number of H-pyrrole nitrogens is 1. The molecule has 0 spiro atoms. The smallest absolute Gasteiger partial charge is 0.347 e. The van der Waals surface area contributed by atoms with E-state index in [1.165, 1.54) is 12.8 Å². The van der Waals surface area contributed by atoms with E-state index in [0.29, 0.717) is 17.9 Å². The Labute approximate surface area is 132 Å². The molecule has 0 aliphatic carbocycles. The fraction of sp³-hybridized carbons (Fsp3) is 0.375. The van der Waals surface area contributed by atoms with Gasteiger partial charge in [-0.3, -0.25) is 0 Å². The molecule has 0 amide bonds. The van der Waals surface area contributed by atoms with Crippen LogP contribution in [-0.4, -0.2) is 27.2 Å². The summed E-state index contributed by atoms with van der Waals surface area (Å²) < 4.78 is 11.2. The topological polar surface area (TPSA) is 93.9 Å². The molecule has 0 aliphatic rings. The largest absolute Gasteiger partial charge is 0.490 e. The Balaban J connectivity index is 1.86. The van der Waals surface area contributed by atoms with Gasteiger partial charge in [-0.2, -0.15) is 5.21 Å². The number of rotatable bonds is 7. The summed E-state index contributed by atoms with van der Waals surface area (Å²) in [4.78, 5) is 12.2. The summed E-state index contributed by atoms with van der Waals surface area (Å²) in [5, 5.41) is 14.2.